The minimum atomic E-state index is -2.81. The van der Waals surface area contributed by atoms with Crippen molar-refractivity contribution in [1.29, 1.82) is 0 Å². The van der Waals surface area contributed by atoms with Gasteiger partial charge in [0, 0.05) is 49.9 Å². The van der Waals surface area contributed by atoms with E-state index in [1.165, 1.54) is 6.42 Å². The maximum absolute atomic E-state index is 13.4. The van der Waals surface area contributed by atoms with Crippen LogP contribution in [0.5, 0.6) is 0 Å². The van der Waals surface area contributed by atoms with Crippen LogP contribution in [0.1, 0.15) is 60.3 Å². The Morgan fingerprint density at radius 3 is 2.65 bits per heavy atom. The van der Waals surface area contributed by atoms with Gasteiger partial charge in [0.2, 0.25) is 17.6 Å². The van der Waals surface area contributed by atoms with Crippen LogP contribution in [0.15, 0.2) is 35.0 Å². The average Bonchev–Trinajstić information content (AvgIpc) is 3.66. The number of ether oxygens (including phenoxy) is 1. The Labute approximate surface area is 251 Å². The third-order valence-corrected chi connectivity index (χ3v) is 7.61. The van der Waals surface area contributed by atoms with Crippen molar-refractivity contribution < 1.29 is 27.6 Å². The van der Waals surface area contributed by atoms with Crippen LogP contribution >= 0.6 is 11.3 Å². The second-order valence-electron chi connectivity index (χ2n) is 10.1. The summed E-state index contributed by atoms with van der Waals surface area (Å²) in [5.41, 5.74) is 1.14. The molecule has 1 amide bonds. The van der Waals surface area contributed by atoms with Crippen LogP contribution in [-0.2, 0) is 9.53 Å². The number of nitrogens with zero attached hydrogens (tertiary/aromatic N) is 4. The number of benzene rings is 1. The van der Waals surface area contributed by atoms with E-state index in [1.54, 1.807) is 20.0 Å². The van der Waals surface area contributed by atoms with Crippen molar-refractivity contribution in [3.05, 3.63) is 46.9 Å². The Kier molecular flexibility index (Phi) is 10.7. The molecule has 0 aliphatic heterocycles. The molecule has 0 spiro atoms. The number of alkyl halides is 2. The van der Waals surface area contributed by atoms with Crippen LogP contribution < -0.4 is 16.0 Å². The molecule has 0 radical (unpaired) electrons. The molecule has 1 unspecified atom stereocenters. The summed E-state index contributed by atoms with van der Waals surface area (Å²) in [6.45, 7) is 6.90. The van der Waals surface area contributed by atoms with Gasteiger partial charge < -0.3 is 25.2 Å². The first kappa shape index (κ1) is 31.9. The zero-order valence-electron chi connectivity index (χ0n) is 24.5. The van der Waals surface area contributed by atoms with Gasteiger partial charge in [-0.2, -0.15) is 4.98 Å². The molecule has 1 atom stereocenters. The molecule has 0 bridgehead atoms. The third kappa shape index (κ3) is 8.74. The molecule has 230 valence electrons. The van der Waals surface area contributed by atoms with E-state index in [1.807, 2.05) is 31.3 Å². The van der Waals surface area contributed by atoms with Gasteiger partial charge in [0.05, 0.1) is 5.69 Å². The molecule has 43 heavy (non-hydrogen) atoms. The number of amides is 1. The zero-order chi connectivity index (χ0) is 31.0. The summed E-state index contributed by atoms with van der Waals surface area (Å²) >= 11 is 0.955. The molecule has 5 rings (SSSR count). The lowest BCUT2D eigenvalue weighted by molar-refractivity contribution is -0.116. The number of carbonyl (C=O) groups is 2. The van der Waals surface area contributed by atoms with E-state index < -0.39 is 24.4 Å². The number of esters is 1. The summed E-state index contributed by atoms with van der Waals surface area (Å²) in [6, 6.07) is 7.61. The van der Waals surface area contributed by atoms with Crippen molar-refractivity contribution in [2.45, 2.75) is 64.9 Å². The molecule has 0 saturated heterocycles. The number of thiazole rings is 1. The smallest absolute Gasteiger partial charge is 0.350 e. The van der Waals surface area contributed by atoms with Gasteiger partial charge in [0.15, 0.2) is 5.13 Å². The number of halogens is 2. The number of hydrogen-bond donors (Lipinski definition) is 3. The van der Waals surface area contributed by atoms with Crippen LogP contribution in [0, 0.1) is 13.8 Å². The molecule has 1 aliphatic carbocycles. The van der Waals surface area contributed by atoms with Crippen LogP contribution in [0.4, 0.5) is 19.7 Å². The van der Waals surface area contributed by atoms with Gasteiger partial charge in [-0.15, -0.1) is 0 Å². The molecular weight excluding hydrogens is 580 g/mol. The maximum Gasteiger partial charge on any atom is 0.350 e. The predicted octanol–water partition coefficient (Wildman–Crippen LogP) is 5.76. The summed E-state index contributed by atoms with van der Waals surface area (Å²) in [6.07, 6.45) is 1.55. The Hall–Kier alpha value is -4.04. The molecule has 4 aromatic rings. The second kappa shape index (κ2) is 14.4. The first-order valence-corrected chi connectivity index (χ1v) is 14.8. The molecule has 3 aromatic heterocycles. The highest BCUT2D eigenvalue weighted by Gasteiger charge is 2.41. The lowest BCUT2D eigenvalue weighted by Crippen LogP contribution is -2.18. The quantitative estimate of drug-likeness (QED) is 0.188. The van der Waals surface area contributed by atoms with Gasteiger partial charge in [0.25, 0.3) is 5.92 Å². The molecule has 1 aliphatic rings. The van der Waals surface area contributed by atoms with Crippen LogP contribution in [0.2, 0.25) is 0 Å². The van der Waals surface area contributed by atoms with Crippen molar-refractivity contribution in [2.24, 2.45) is 0 Å². The highest BCUT2D eigenvalue weighted by atomic mass is 32.1. The number of hydrogen-bond acceptors (Lipinski definition) is 11. The Morgan fingerprint density at radius 1 is 1.19 bits per heavy atom. The molecule has 11 nitrogen and oxygen atoms in total. The summed E-state index contributed by atoms with van der Waals surface area (Å²) in [5.74, 6) is -2.29. The van der Waals surface area contributed by atoms with E-state index in [2.05, 4.69) is 43.0 Å². The monoisotopic (exact) mass is 615 g/mol. The standard InChI is InChI=1S/C25H24F2N6O4S.C4H11N/c1-13-20(23(35)36-17-5-8-25(26,27)12-17)38-24(30-13)32-19(34)7-10-29-22-18-11-16(21-31-14(2)37-33-21)4-3-15(18)6-9-28-22;1-3-4-5-2/h3-4,6,9,11,17H,5,7-8,10,12H2,1-2H3,(H,28,29)(H,30,32,34);5H,3-4H2,1-2H3. The molecule has 3 heterocycles. The summed E-state index contributed by atoms with van der Waals surface area (Å²) in [5, 5.41) is 14.9. The van der Waals surface area contributed by atoms with E-state index in [-0.39, 0.29) is 35.2 Å². The summed E-state index contributed by atoms with van der Waals surface area (Å²) in [7, 11) is 1.96. The van der Waals surface area contributed by atoms with Crippen molar-refractivity contribution in [1.82, 2.24) is 25.4 Å². The first-order valence-electron chi connectivity index (χ1n) is 14.0. The second-order valence-corrected chi connectivity index (χ2v) is 11.1. The van der Waals surface area contributed by atoms with Gasteiger partial charge in [-0.05, 0) is 50.9 Å². The van der Waals surface area contributed by atoms with E-state index in [4.69, 9.17) is 9.26 Å². The molecule has 14 heteroatoms. The van der Waals surface area contributed by atoms with E-state index in [0.29, 0.717) is 29.8 Å². The zero-order valence-corrected chi connectivity index (χ0v) is 25.3. The van der Waals surface area contributed by atoms with Crippen LogP contribution in [0.25, 0.3) is 22.2 Å². The maximum atomic E-state index is 13.4. The van der Waals surface area contributed by atoms with Gasteiger partial charge in [0.1, 0.15) is 16.8 Å². The first-order chi connectivity index (χ1) is 20.6. The lowest BCUT2D eigenvalue weighted by atomic mass is 10.1. The van der Waals surface area contributed by atoms with E-state index >= 15 is 0 Å². The molecular formula is C29H35F2N7O4S. The Bertz CT molecular complexity index is 1560. The van der Waals surface area contributed by atoms with Crippen molar-refractivity contribution in [2.75, 3.05) is 30.8 Å². The molecule has 3 N–H and O–H groups in total. The molecule has 1 fully saturated rings. The number of aryl methyl sites for hydroxylation is 2. The fourth-order valence-electron chi connectivity index (χ4n) is 4.45. The summed E-state index contributed by atoms with van der Waals surface area (Å²) < 4.78 is 37.1. The number of nitrogens with one attached hydrogen (secondary N) is 3. The molecule has 1 saturated carbocycles. The molecule has 1 aromatic carbocycles. The Balaban J connectivity index is 0.000000782. The minimum Gasteiger partial charge on any atom is -0.458 e. The lowest BCUT2D eigenvalue weighted by Gasteiger charge is -2.11. The van der Waals surface area contributed by atoms with Gasteiger partial charge in [-0.3, -0.25) is 4.79 Å². The van der Waals surface area contributed by atoms with E-state index in [9.17, 15) is 18.4 Å². The largest absolute Gasteiger partial charge is 0.458 e. The van der Waals surface area contributed by atoms with Gasteiger partial charge >= 0.3 is 5.97 Å². The van der Waals surface area contributed by atoms with Crippen molar-refractivity contribution in [3.8, 4) is 11.4 Å². The topological polar surface area (TPSA) is 144 Å². The van der Waals surface area contributed by atoms with Gasteiger partial charge in [-0.1, -0.05) is 35.5 Å². The van der Waals surface area contributed by atoms with Crippen molar-refractivity contribution in [3.63, 3.8) is 0 Å². The SMILES string of the molecule is CCCNC.Cc1nc(-c2ccc3ccnc(NCCC(=O)Nc4nc(C)c(C(=O)OC5CCC(F)(F)C5)s4)c3c2)no1. The fraction of sp³-hybridized carbons (Fsp3) is 0.448. The number of pyridine rings is 1. The number of rotatable bonds is 10. The van der Waals surface area contributed by atoms with Crippen molar-refractivity contribution >= 4 is 44.9 Å². The predicted molar refractivity (Wildman–Crippen MR) is 161 cm³/mol. The van der Waals surface area contributed by atoms with Crippen LogP contribution in [-0.4, -0.2) is 64.1 Å². The Morgan fingerprint density at radius 2 is 2.00 bits per heavy atom. The number of carbonyl (C=O) groups excluding carboxylic acids is 2. The minimum absolute atomic E-state index is 0.108. The van der Waals surface area contributed by atoms with Gasteiger partial charge in [-0.25, -0.2) is 23.5 Å². The number of anilines is 2. The normalized spacial score (nSPS) is 15.5. The average molecular weight is 616 g/mol. The number of aromatic nitrogens is 4. The number of fused-ring (bicyclic) bond motifs is 1. The highest BCUT2D eigenvalue weighted by Crippen LogP contribution is 2.37. The fourth-order valence-corrected chi connectivity index (χ4v) is 5.31. The third-order valence-electron chi connectivity index (χ3n) is 6.56. The summed E-state index contributed by atoms with van der Waals surface area (Å²) in [4.78, 5) is 38.0. The highest BCUT2D eigenvalue weighted by molar-refractivity contribution is 7.17. The van der Waals surface area contributed by atoms with Crippen LogP contribution in [0.3, 0.4) is 0 Å². The van der Waals surface area contributed by atoms with E-state index in [0.717, 1.165) is 34.2 Å².